The van der Waals surface area contributed by atoms with Crippen LogP contribution >= 0.6 is 11.6 Å². The molecule has 0 spiro atoms. The Hall–Kier alpha value is -1.80. The normalized spacial score (nSPS) is 12.2. The van der Waals surface area contributed by atoms with Crippen molar-refractivity contribution in [2.45, 2.75) is 26.2 Å². The molecule has 0 unspecified atom stereocenters. The largest absolute Gasteiger partial charge is 0.355 e. The van der Waals surface area contributed by atoms with Gasteiger partial charge in [0.05, 0.1) is 5.92 Å². The minimum atomic E-state index is -0.145. The second-order valence-electron chi connectivity index (χ2n) is 5.80. The molecule has 0 bridgehead atoms. The summed E-state index contributed by atoms with van der Waals surface area (Å²) < 4.78 is 0. The van der Waals surface area contributed by atoms with Crippen LogP contribution in [-0.2, 0) is 11.2 Å². The van der Waals surface area contributed by atoms with Gasteiger partial charge in [-0.05, 0) is 35.6 Å². The fourth-order valence-electron chi connectivity index (χ4n) is 2.59. The van der Waals surface area contributed by atoms with Crippen LogP contribution in [0.2, 0.25) is 5.02 Å². The molecule has 1 amide bonds. The van der Waals surface area contributed by atoms with Crippen molar-refractivity contribution in [1.29, 1.82) is 0 Å². The van der Waals surface area contributed by atoms with E-state index in [2.05, 4.69) is 31.3 Å². The van der Waals surface area contributed by atoms with E-state index < -0.39 is 0 Å². The van der Waals surface area contributed by atoms with E-state index >= 15 is 0 Å². The molecule has 22 heavy (non-hydrogen) atoms. The van der Waals surface area contributed by atoms with Gasteiger partial charge in [-0.1, -0.05) is 67.9 Å². The van der Waals surface area contributed by atoms with Crippen molar-refractivity contribution >= 4 is 17.5 Å². The van der Waals surface area contributed by atoms with E-state index in [1.54, 1.807) is 0 Å². The maximum atomic E-state index is 12.5. The number of rotatable bonds is 6. The first-order valence-corrected chi connectivity index (χ1v) is 8.03. The van der Waals surface area contributed by atoms with Gasteiger partial charge in [-0.2, -0.15) is 0 Å². The molecule has 0 radical (unpaired) electrons. The first-order chi connectivity index (χ1) is 10.6. The number of nitrogens with one attached hydrogen (secondary N) is 1. The lowest BCUT2D eigenvalue weighted by Crippen LogP contribution is -2.33. The van der Waals surface area contributed by atoms with Crippen LogP contribution in [-0.4, -0.2) is 12.5 Å². The number of hydrogen-bond donors (Lipinski definition) is 1. The summed E-state index contributed by atoms with van der Waals surface area (Å²) in [5.74, 6) is 0.166. The molecule has 0 aliphatic rings. The van der Waals surface area contributed by atoms with Crippen molar-refractivity contribution < 1.29 is 4.79 Å². The van der Waals surface area contributed by atoms with E-state index in [1.165, 1.54) is 5.56 Å². The Kier molecular flexibility index (Phi) is 6.02. The number of benzene rings is 2. The summed E-state index contributed by atoms with van der Waals surface area (Å²) in [4.78, 5) is 12.5. The maximum Gasteiger partial charge on any atom is 0.227 e. The molecule has 3 heteroatoms. The minimum Gasteiger partial charge on any atom is -0.355 e. The average Bonchev–Trinajstić information content (AvgIpc) is 2.50. The van der Waals surface area contributed by atoms with E-state index in [0.29, 0.717) is 11.6 Å². The number of amides is 1. The molecule has 0 aliphatic carbocycles. The molecule has 2 aromatic carbocycles. The first-order valence-electron chi connectivity index (χ1n) is 7.65. The third-order valence-corrected chi connectivity index (χ3v) is 3.99. The maximum absolute atomic E-state index is 12.5. The number of carbonyl (C=O) groups excluding carboxylic acids is 1. The highest BCUT2D eigenvalue weighted by Gasteiger charge is 2.23. The topological polar surface area (TPSA) is 29.1 Å². The number of hydrogen-bond acceptors (Lipinski definition) is 1. The van der Waals surface area contributed by atoms with Crippen LogP contribution in [0.3, 0.4) is 0 Å². The molecule has 2 rings (SSSR count). The molecule has 116 valence electrons. The van der Waals surface area contributed by atoms with Crippen LogP contribution < -0.4 is 5.32 Å². The molecule has 0 saturated carbocycles. The lowest BCUT2D eigenvalue weighted by molar-refractivity contribution is -0.123. The van der Waals surface area contributed by atoms with E-state index in [1.807, 2.05) is 42.5 Å². The predicted molar refractivity (Wildman–Crippen MR) is 92.2 cm³/mol. The quantitative estimate of drug-likeness (QED) is 0.839. The smallest absolute Gasteiger partial charge is 0.227 e. The van der Waals surface area contributed by atoms with Gasteiger partial charge in [0, 0.05) is 11.6 Å². The van der Waals surface area contributed by atoms with E-state index in [9.17, 15) is 4.79 Å². The molecule has 2 nitrogen and oxygen atoms in total. The molecule has 1 N–H and O–H groups in total. The third-order valence-electron chi connectivity index (χ3n) is 3.73. The Labute approximate surface area is 137 Å². The average molecular weight is 316 g/mol. The van der Waals surface area contributed by atoms with Crippen molar-refractivity contribution in [3.05, 3.63) is 70.7 Å². The fourth-order valence-corrected chi connectivity index (χ4v) is 2.72. The number of carbonyl (C=O) groups is 1. The van der Waals surface area contributed by atoms with Crippen molar-refractivity contribution in [2.75, 3.05) is 6.54 Å². The van der Waals surface area contributed by atoms with Crippen molar-refractivity contribution in [3.8, 4) is 0 Å². The van der Waals surface area contributed by atoms with Gasteiger partial charge < -0.3 is 5.32 Å². The van der Waals surface area contributed by atoms with Crippen molar-refractivity contribution in [2.24, 2.45) is 5.92 Å². The third kappa shape index (κ3) is 4.60. The summed E-state index contributed by atoms with van der Waals surface area (Å²) in [5, 5.41) is 3.74. The Morgan fingerprint density at radius 1 is 1.05 bits per heavy atom. The minimum absolute atomic E-state index is 0.0771. The van der Waals surface area contributed by atoms with Crippen LogP contribution in [0.1, 0.15) is 30.9 Å². The SMILES string of the molecule is CC(C)[C@@H](C(=O)NCCc1ccccc1)c1ccc(Cl)cc1. The van der Waals surface area contributed by atoms with Crippen molar-refractivity contribution in [3.63, 3.8) is 0 Å². The zero-order chi connectivity index (χ0) is 15.9. The summed E-state index contributed by atoms with van der Waals surface area (Å²) in [6.45, 7) is 4.78. The van der Waals surface area contributed by atoms with Gasteiger partial charge in [-0.3, -0.25) is 4.79 Å². The van der Waals surface area contributed by atoms with E-state index in [0.717, 1.165) is 12.0 Å². The van der Waals surface area contributed by atoms with Gasteiger partial charge in [0.2, 0.25) is 5.91 Å². The molecule has 2 aromatic rings. The Bertz CT molecular complexity index is 593. The standard InChI is InChI=1S/C19H22ClNO/c1-14(2)18(16-8-10-17(20)11-9-16)19(22)21-13-12-15-6-4-3-5-7-15/h3-11,14,18H,12-13H2,1-2H3,(H,21,22)/t18-/m1/s1. The second-order valence-corrected chi connectivity index (χ2v) is 6.24. The predicted octanol–water partition coefficient (Wildman–Crippen LogP) is 4.44. The van der Waals surface area contributed by atoms with Crippen LogP contribution in [0.15, 0.2) is 54.6 Å². The zero-order valence-electron chi connectivity index (χ0n) is 13.1. The summed E-state index contributed by atoms with van der Waals surface area (Å²) in [6.07, 6.45) is 0.845. The van der Waals surface area contributed by atoms with Gasteiger partial charge in [0.1, 0.15) is 0 Å². The molecule has 0 aliphatic heterocycles. The summed E-state index contributed by atoms with van der Waals surface area (Å²) >= 11 is 5.93. The van der Waals surface area contributed by atoms with Gasteiger partial charge in [-0.15, -0.1) is 0 Å². The van der Waals surface area contributed by atoms with Crippen LogP contribution in [0.5, 0.6) is 0 Å². The van der Waals surface area contributed by atoms with Gasteiger partial charge >= 0.3 is 0 Å². The second kappa shape index (κ2) is 8.00. The number of halogens is 1. The molecule has 0 heterocycles. The van der Waals surface area contributed by atoms with Crippen LogP contribution in [0, 0.1) is 5.92 Å². The van der Waals surface area contributed by atoms with Gasteiger partial charge in [-0.25, -0.2) is 0 Å². The lowest BCUT2D eigenvalue weighted by atomic mass is 9.87. The summed E-state index contributed by atoms with van der Waals surface area (Å²) in [7, 11) is 0. The van der Waals surface area contributed by atoms with E-state index in [-0.39, 0.29) is 17.7 Å². The fraction of sp³-hybridized carbons (Fsp3) is 0.316. The lowest BCUT2D eigenvalue weighted by Gasteiger charge is -2.21. The zero-order valence-corrected chi connectivity index (χ0v) is 13.8. The Balaban J connectivity index is 1.97. The summed E-state index contributed by atoms with van der Waals surface area (Å²) in [5.41, 5.74) is 2.24. The highest BCUT2D eigenvalue weighted by molar-refractivity contribution is 6.30. The molecule has 0 saturated heterocycles. The molecular formula is C19H22ClNO. The Morgan fingerprint density at radius 2 is 1.68 bits per heavy atom. The highest BCUT2D eigenvalue weighted by atomic mass is 35.5. The van der Waals surface area contributed by atoms with Crippen molar-refractivity contribution in [1.82, 2.24) is 5.32 Å². The Morgan fingerprint density at radius 3 is 2.27 bits per heavy atom. The molecule has 0 aromatic heterocycles. The van der Waals surface area contributed by atoms with Gasteiger partial charge in [0.15, 0.2) is 0 Å². The van der Waals surface area contributed by atoms with E-state index in [4.69, 9.17) is 11.6 Å². The summed E-state index contributed by atoms with van der Waals surface area (Å²) in [6, 6.07) is 17.7. The molecule has 0 fully saturated rings. The first kappa shape index (κ1) is 16.6. The highest BCUT2D eigenvalue weighted by Crippen LogP contribution is 2.25. The molecule has 1 atom stereocenters. The monoisotopic (exact) mass is 315 g/mol. The van der Waals surface area contributed by atoms with Crippen LogP contribution in [0.25, 0.3) is 0 Å². The molecular weight excluding hydrogens is 294 g/mol. The van der Waals surface area contributed by atoms with Crippen LogP contribution in [0.4, 0.5) is 0 Å². The van der Waals surface area contributed by atoms with Gasteiger partial charge in [0.25, 0.3) is 0 Å².